The number of hydrogen-bond acceptors (Lipinski definition) is 3. The molecule has 0 aliphatic carbocycles. The molecule has 0 N–H and O–H groups in total. The average molecular weight is 255 g/mol. The van der Waals surface area contributed by atoms with Crippen LogP contribution in [0.1, 0.15) is 12.8 Å². The van der Waals surface area contributed by atoms with Gasteiger partial charge in [-0.25, -0.2) is 8.78 Å². The summed E-state index contributed by atoms with van der Waals surface area (Å²) in [5, 5.41) is 0. The van der Waals surface area contributed by atoms with Gasteiger partial charge in [0.15, 0.2) is 11.5 Å². The van der Waals surface area contributed by atoms with E-state index in [1.54, 1.807) is 0 Å². The molecule has 2 heterocycles. The summed E-state index contributed by atoms with van der Waals surface area (Å²) >= 11 is 0. The van der Waals surface area contributed by atoms with Crippen LogP contribution in [0, 0.1) is 0 Å². The van der Waals surface area contributed by atoms with E-state index in [0.717, 1.165) is 11.4 Å². The summed E-state index contributed by atoms with van der Waals surface area (Å²) in [6.45, 7) is 1.86. The normalized spacial score (nSPS) is 21.8. The van der Waals surface area contributed by atoms with Crippen LogP contribution < -0.4 is 14.4 Å². The van der Waals surface area contributed by atoms with Crippen LogP contribution in [0.25, 0.3) is 0 Å². The van der Waals surface area contributed by atoms with Gasteiger partial charge in [0.05, 0.1) is 0 Å². The van der Waals surface area contributed by atoms with Gasteiger partial charge < -0.3 is 14.4 Å². The highest BCUT2D eigenvalue weighted by molar-refractivity contribution is 5.57. The van der Waals surface area contributed by atoms with Crippen molar-refractivity contribution in [2.45, 2.75) is 18.8 Å². The lowest BCUT2D eigenvalue weighted by molar-refractivity contribution is -0.0220. The van der Waals surface area contributed by atoms with Crippen molar-refractivity contribution >= 4 is 5.69 Å². The molecule has 0 bridgehead atoms. The second-order valence-electron chi connectivity index (χ2n) is 4.67. The third kappa shape index (κ3) is 2.21. The van der Waals surface area contributed by atoms with Gasteiger partial charge >= 0.3 is 0 Å². The number of rotatable bonds is 1. The molecule has 0 aromatic heterocycles. The number of ether oxygens (including phenoxy) is 2. The molecule has 2 aliphatic heterocycles. The maximum Gasteiger partial charge on any atom is 0.251 e. The summed E-state index contributed by atoms with van der Waals surface area (Å²) < 4.78 is 37.1. The summed E-state index contributed by atoms with van der Waals surface area (Å²) in [4.78, 5) is 1.97. The molecule has 0 radical (unpaired) electrons. The monoisotopic (exact) mass is 255 g/mol. The van der Waals surface area contributed by atoms with Gasteiger partial charge in [0.25, 0.3) is 5.92 Å². The van der Waals surface area contributed by atoms with Gasteiger partial charge in [0.2, 0.25) is 0 Å². The van der Waals surface area contributed by atoms with Gasteiger partial charge in [0.1, 0.15) is 13.2 Å². The molecule has 3 nitrogen and oxygen atoms in total. The number of hydrogen-bond donors (Lipinski definition) is 0. The molecule has 18 heavy (non-hydrogen) atoms. The molecule has 98 valence electrons. The SMILES string of the molecule is FC1(F)CCN(c2ccc3c(c2)OCCO3)CC1. The van der Waals surface area contributed by atoms with Crippen molar-refractivity contribution in [3.63, 3.8) is 0 Å². The average Bonchev–Trinajstić information content (AvgIpc) is 2.38. The van der Waals surface area contributed by atoms with Crippen molar-refractivity contribution in [3.05, 3.63) is 18.2 Å². The van der Waals surface area contributed by atoms with E-state index in [0.29, 0.717) is 32.1 Å². The van der Waals surface area contributed by atoms with Crippen LogP contribution in [0.4, 0.5) is 14.5 Å². The van der Waals surface area contributed by atoms with Crippen LogP contribution in [-0.4, -0.2) is 32.2 Å². The standard InChI is InChI=1S/C13H15F2NO2/c14-13(15)3-5-16(6-4-13)10-1-2-11-12(9-10)18-8-7-17-11/h1-2,9H,3-8H2. The lowest BCUT2D eigenvalue weighted by Crippen LogP contribution is -2.39. The van der Waals surface area contributed by atoms with Crippen LogP contribution in [-0.2, 0) is 0 Å². The van der Waals surface area contributed by atoms with Crippen molar-refractivity contribution in [3.8, 4) is 11.5 Å². The summed E-state index contributed by atoms with van der Waals surface area (Å²) in [7, 11) is 0. The number of piperidine rings is 1. The summed E-state index contributed by atoms with van der Waals surface area (Å²) in [5.41, 5.74) is 0.926. The number of nitrogens with zero attached hydrogens (tertiary/aromatic N) is 1. The Balaban J connectivity index is 1.77. The van der Waals surface area contributed by atoms with E-state index in [1.807, 2.05) is 23.1 Å². The number of benzene rings is 1. The topological polar surface area (TPSA) is 21.7 Å². The van der Waals surface area contributed by atoms with Crippen molar-refractivity contribution in [1.82, 2.24) is 0 Å². The van der Waals surface area contributed by atoms with Crippen molar-refractivity contribution in [1.29, 1.82) is 0 Å². The van der Waals surface area contributed by atoms with E-state index in [1.165, 1.54) is 0 Å². The molecule has 1 aromatic carbocycles. The number of alkyl halides is 2. The van der Waals surface area contributed by atoms with E-state index in [4.69, 9.17) is 9.47 Å². The second kappa shape index (κ2) is 4.30. The fraction of sp³-hybridized carbons (Fsp3) is 0.538. The fourth-order valence-electron chi connectivity index (χ4n) is 2.32. The maximum atomic E-state index is 13.1. The molecule has 0 unspecified atom stereocenters. The molecular formula is C13H15F2NO2. The number of halogens is 2. The Morgan fingerprint density at radius 3 is 2.39 bits per heavy atom. The van der Waals surface area contributed by atoms with Crippen LogP contribution in [0.5, 0.6) is 11.5 Å². The van der Waals surface area contributed by atoms with E-state index in [9.17, 15) is 8.78 Å². The third-order valence-corrected chi connectivity index (χ3v) is 3.39. The highest BCUT2D eigenvalue weighted by Crippen LogP contribution is 2.36. The smallest absolute Gasteiger partial charge is 0.251 e. The molecule has 1 saturated heterocycles. The molecule has 0 amide bonds. The van der Waals surface area contributed by atoms with E-state index >= 15 is 0 Å². The Hall–Kier alpha value is -1.52. The molecular weight excluding hydrogens is 240 g/mol. The Kier molecular flexibility index (Phi) is 2.76. The van der Waals surface area contributed by atoms with Crippen molar-refractivity contribution < 1.29 is 18.3 Å². The largest absolute Gasteiger partial charge is 0.486 e. The predicted molar refractivity (Wildman–Crippen MR) is 63.8 cm³/mol. The molecule has 0 spiro atoms. The van der Waals surface area contributed by atoms with Crippen LogP contribution in [0.15, 0.2) is 18.2 Å². The van der Waals surface area contributed by atoms with Gasteiger partial charge in [-0.15, -0.1) is 0 Å². The zero-order valence-electron chi connectivity index (χ0n) is 9.99. The predicted octanol–water partition coefficient (Wildman–Crippen LogP) is 2.69. The van der Waals surface area contributed by atoms with Crippen LogP contribution >= 0.6 is 0 Å². The molecule has 1 fully saturated rings. The Morgan fingerprint density at radius 2 is 1.67 bits per heavy atom. The Bertz CT molecular complexity index is 441. The van der Waals surface area contributed by atoms with Gasteiger partial charge in [0, 0.05) is 37.7 Å². The molecule has 0 saturated carbocycles. The highest BCUT2D eigenvalue weighted by Gasteiger charge is 2.34. The van der Waals surface area contributed by atoms with Crippen molar-refractivity contribution in [2.75, 3.05) is 31.2 Å². The maximum absolute atomic E-state index is 13.1. The molecule has 0 atom stereocenters. The third-order valence-electron chi connectivity index (χ3n) is 3.39. The fourth-order valence-corrected chi connectivity index (χ4v) is 2.32. The molecule has 5 heteroatoms. The first-order valence-electron chi connectivity index (χ1n) is 6.16. The van der Waals surface area contributed by atoms with Gasteiger partial charge in [-0.1, -0.05) is 0 Å². The minimum atomic E-state index is -2.51. The highest BCUT2D eigenvalue weighted by atomic mass is 19.3. The van der Waals surface area contributed by atoms with Crippen molar-refractivity contribution in [2.24, 2.45) is 0 Å². The summed E-state index contributed by atoms with van der Waals surface area (Å²) in [6, 6.07) is 5.62. The summed E-state index contributed by atoms with van der Waals surface area (Å²) in [6.07, 6.45) is -0.164. The number of fused-ring (bicyclic) bond motifs is 1. The minimum Gasteiger partial charge on any atom is -0.486 e. The zero-order chi connectivity index (χ0) is 12.6. The Labute approximate surface area is 104 Å². The van der Waals surface area contributed by atoms with E-state index < -0.39 is 5.92 Å². The first-order chi connectivity index (χ1) is 8.64. The van der Waals surface area contributed by atoms with Crippen LogP contribution in [0.3, 0.4) is 0 Å². The zero-order valence-corrected chi connectivity index (χ0v) is 9.99. The van der Waals surface area contributed by atoms with Crippen LogP contribution in [0.2, 0.25) is 0 Å². The second-order valence-corrected chi connectivity index (χ2v) is 4.67. The van der Waals surface area contributed by atoms with E-state index in [2.05, 4.69) is 0 Å². The molecule has 2 aliphatic rings. The lowest BCUT2D eigenvalue weighted by Gasteiger charge is -2.33. The molecule has 1 aromatic rings. The summed E-state index contributed by atoms with van der Waals surface area (Å²) in [5.74, 6) is -1.08. The first-order valence-corrected chi connectivity index (χ1v) is 6.16. The van der Waals surface area contributed by atoms with Gasteiger partial charge in [-0.05, 0) is 12.1 Å². The number of anilines is 1. The minimum absolute atomic E-state index is 0.0819. The van der Waals surface area contributed by atoms with Gasteiger partial charge in [-0.2, -0.15) is 0 Å². The molecule has 3 rings (SSSR count). The quantitative estimate of drug-likeness (QED) is 0.770. The van der Waals surface area contributed by atoms with E-state index in [-0.39, 0.29) is 12.8 Å². The Morgan fingerprint density at radius 1 is 1.00 bits per heavy atom. The van der Waals surface area contributed by atoms with Gasteiger partial charge in [-0.3, -0.25) is 0 Å². The first kappa shape index (κ1) is 11.6. The lowest BCUT2D eigenvalue weighted by atomic mass is 10.1.